The molecule has 0 radical (unpaired) electrons. The van der Waals surface area contributed by atoms with Crippen molar-refractivity contribution in [2.24, 2.45) is 0 Å². The number of nitrogens with one attached hydrogen (secondary N) is 2. The SMILES string of the molecule is O=C(NCCS(=O)(=O)O)c1ccc(-c2ccc(-c3nc4nc(O[C@@H]5CO[C@H]6[C@@H]5OC[C@H]6O)[nH]c4cc3Cl)cc2)cc1. The third-order valence-corrected chi connectivity index (χ3v) is 7.94. The number of aliphatic hydroxyl groups is 1. The summed E-state index contributed by atoms with van der Waals surface area (Å²) in [6.45, 7) is 0.299. The molecule has 0 aliphatic carbocycles. The molecule has 0 unspecified atom stereocenters. The number of imidazole rings is 1. The number of H-pyrrole nitrogens is 1. The molecule has 0 spiro atoms. The van der Waals surface area contributed by atoms with Crippen LogP contribution in [0.25, 0.3) is 33.5 Å². The van der Waals surface area contributed by atoms with Crippen LogP contribution in [0.4, 0.5) is 0 Å². The second-order valence-corrected chi connectivity index (χ2v) is 11.7. The Bertz CT molecular complexity index is 1700. The van der Waals surface area contributed by atoms with Crippen LogP contribution in [0, 0.1) is 0 Å². The Balaban J connectivity index is 1.14. The summed E-state index contributed by atoms with van der Waals surface area (Å²) in [7, 11) is -4.14. The van der Waals surface area contributed by atoms with E-state index in [2.05, 4.69) is 20.3 Å². The molecule has 14 heteroatoms. The number of hydrogen-bond acceptors (Lipinski definition) is 9. The van der Waals surface area contributed by atoms with Crippen molar-refractivity contribution in [1.82, 2.24) is 20.3 Å². The largest absolute Gasteiger partial charge is 0.456 e. The summed E-state index contributed by atoms with van der Waals surface area (Å²) in [5.74, 6) is -0.993. The number of hydrogen-bond donors (Lipinski definition) is 4. The maximum atomic E-state index is 12.2. The van der Waals surface area contributed by atoms with Crippen molar-refractivity contribution in [1.29, 1.82) is 0 Å². The van der Waals surface area contributed by atoms with E-state index in [1.54, 1.807) is 30.3 Å². The molecule has 2 aliphatic rings. The lowest BCUT2D eigenvalue weighted by Crippen LogP contribution is -2.34. The molecule has 0 bridgehead atoms. The number of pyridine rings is 1. The molecule has 1 amide bonds. The Morgan fingerprint density at radius 3 is 2.39 bits per heavy atom. The lowest BCUT2D eigenvalue weighted by molar-refractivity contribution is 0.00706. The van der Waals surface area contributed by atoms with Crippen molar-refractivity contribution < 1.29 is 37.1 Å². The van der Waals surface area contributed by atoms with Gasteiger partial charge >= 0.3 is 0 Å². The maximum Gasteiger partial charge on any atom is 0.296 e. The minimum absolute atomic E-state index is 0.188. The minimum Gasteiger partial charge on any atom is -0.456 e. The highest BCUT2D eigenvalue weighted by molar-refractivity contribution is 7.85. The number of halogens is 1. The molecule has 2 aliphatic heterocycles. The monoisotopic (exact) mass is 600 g/mol. The summed E-state index contributed by atoms with van der Waals surface area (Å²) in [5, 5.41) is 12.8. The van der Waals surface area contributed by atoms with E-state index in [0.29, 0.717) is 27.4 Å². The number of ether oxygens (including phenoxy) is 3. The number of carbonyl (C=O) groups excluding carboxylic acids is 1. The van der Waals surface area contributed by atoms with Gasteiger partial charge in [-0.2, -0.15) is 13.4 Å². The normalized spacial score (nSPS) is 22.1. The standard InChI is InChI=1S/C27H25ClN4O8S/c28-18-11-19-25(32-27(30-19)40-21-13-39-23-20(33)12-38-24(21)23)31-22(18)16-5-1-14(2-6-16)15-3-7-17(8-4-15)26(34)29-9-10-41(35,36)37/h1-8,11,20-21,23-24,33H,9-10,12-13H2,(H,29,34)(H,30,31,32)(H,35,36,37)/t20-,21-,23-,24-/m1/s1. The first-order valence-electron chi connectivity index (χ1n) is 12.7. The van der Waals surface area contributed by atoms with Gasteiger partial charge < -0.3 is 29.6 Å². The average molecular weight is 601 g/mol. The van der Waals surface area contributed by atoms with Crippen LogP contribution in [-0.4, -0.2) is 88.9 Å². The number of carbonyl (C=O) groups is 1. The topological polar surface area (TPSA) is 173 Å². The summed E-state index contributed by atoms with van der Waals surface area (Å²) in [6.07, 6.45) is -1.85. The number of fused-ring (bicyclic) bond motifs is 2. The van der Waals surface area contributed by atoms with E-state index in [4.69, 9.17) is 30.4 Å². The molecule has 214 valence electrons. The number of aromatic nitrogens is 3. The third-order valence-electron chi connectivity index (χ3n) is 6.93. The van der Waals surface area contributed by atoms with E-state index < -0.39 is 40.1 Å². The van der Waals surface area contributed by atoms with Gasteiger partial charge in [0.1, 0.15) is 18.3 Å². The van der Waals surface area contributed by atoms with E-state index in [1.807, 2.05) is 24.3 Å². The van der Waals surface area contributed by atoms with Crippen molar-refractivity contribution >= 4 is 38.8 Å². The number of benzene rings is 2. The van der Waals surface area contributed by atoms with Crippen LogP contribution in [-0.2, 0) is 19.6 Å². The fourth-order valence-electron chi connectivity index (χ4n) is 4.87. The Hall–Kier alpha value is -3.59. The average Bonchev–Trinajstić information content (AvgIpc) is 3.64. The van der Waals surface area contributed by atoms with E-state index in [1.165, 1.54) is 0 Å². The van der Waals surface area contributed by atoms with Gasteiger partial charge in [-0.05, 0) is 29.3 Å². The van der Waals surface area contributed by atoms with Gasteiger partial charge in [-0.3, -0.25) is 9.35 Å². The number of amides is 1. The van der Waals surface area contributed by atoms with Gasteiger partial charge in [0.2, 0.25) is 0 Å². The van der Waals surface area contributed by atoms with Crippen molar-refractivity contribution in [2.75, 3.05) is 25.5 Å². The Labute approximate surface area is 239 Å². The first-order chi connectivity index (χ1) is 19.6. The molecule has 4 atom stereocenters. The van der Waals surface area contributed by atoms with Crippen LogP contribution in [0.3, 0.4) is 0 Å². The van der Waals surface area contributed by atoms with Gasteiger partial charge in [0.25, 0.3) is 22.0 Å². The van der Waals surface area contributed by atoms with Crippen molar-refractivity contribution in [3.05, 3.63) is 65.2 Å². The molecule has 4 N–H and O–H groups in total. The fraction of sp³-hybridized carbons (Fsp3) is 0.296. The first kappa shape index (κ1) is 27.6. The van der Waals surface area contributed by atoms with Crippen LogP contribution >= 0.6 is 11.6 Å². The number of nitrogens with zero attached hydrogens (tertiary/aromatic N) is 2. The van der Waals surface area contributed by atoms with Gasteiger partial charge in [-0.25, -0.2) is 4.98 Å². The maximum absolute atomic E-state index is 12.2. The second-order valence-electron chi connectivity index (χ2n) is 9.75. The van der Waals surface area contributed by atoms with Gasteiger partial charge in [0.15, 0.2) is 11.8 Å². The lowest BCUT2D eigenvalue weighted by atomic mass is 10.0. The lowest BCUT2D eigenvalue weighted by Gasteiger charge is -2.15. The third kappa shape index (κ3) is 5.91. The van der Waals surface area contributed by atoms with Gasteiger partial charge in [0, 0.05) is 17.7 Å². The number of aromatic amines is 1. The quantitative estimate of drug-likeness (QED) is 0.220. The summed E-state index contributed by atoms with van der Waals surface area (Å²) in [5.41, 5.74) is 4.49. The first-order valence-corrected chi connectivity index (χ1v) is 14.7. The van der Waals surface area contributed by atoms with Crippen LogP contribution in [0.15, 0.2) is 54.6 Å². The highest BCUT2D eigenvalue weighted by Gasteiger charge is 2.48. The second kappa shape index (κ2) is 11.0. The van der Waals surface area contributed by atoms with Crippen LogP contribution < -0.4 is 10.1 Å². The number of rotatable bonds is 8. The van der Waals surface area contributed by atoms with E-state index in [9.17, 15) is 18.3 Å². The molecule has 4 heterocycles. The Morgan fingerprint density at radius 2 is 1.68 bits per heavy atom. The zero-order valence-electron chi connectivity index (χ0n) is 21.4. The highest BCUT2D eigenvalue weighted by Crippen LogP contribution is 2.33. The highest BCUT2D eigenvalue weighted by atomic mass is 35.5. The molecule has 6 rings (SSSR count). The van der Waals surface area contributed by atoms with E-state index in [-0.39, 0.29) is 31.9 Å². The smallest absolute Gasteiger partial charge is 0.296 e. The molecule has 2 aromatic carbocycles. The molecule has 12 nitrogen and oxygen atoms in total. The summed E-state index contributed by atoms with van der Waals surface area (Å²) in [6, 6.07) is 16.4. The molecular weight excluding hydrogens is 576 g/mol. The zero-order chi connectivity index (χ0) is 28.7. The van der Waals surface area contributed by atoms with Crippen LogP contribution in [0.2, 0.25) is 5.02 Å². The van der Waals surface area contributed by atoms with Gasteiger partial charge in [0.05, 0.1) is 35.2 Å². The zero-order valence-corrected chi connectivity index (χ0v) is 22.9. The summed E-state index contributed by atoms with van der Waals surface area (Å²) < 4.78 is 47.6. The summed E-state index contributed by atoms with van der Waals surface area (Å²) in [4.78, 5) is 24.4. The van der Waals surface area contributed by atoms with E-state index in [0.717, 1.165) is 16.7 Å². The van der Waals surface area contributed by atoms with Gasteiger partial charge in [-0.1, -0.05) is 48.0 Å². The molecular formula is C27H25ClN4O8S. The molecule has 4 aromatic rings. The molecule has 0 saturated carbocycles. The van der Waals surface area contributed by atoms with Crippen molar-refractivity contribution in [3.63, 3.8) is 0 Å². The molecule has 41 heavy (non-hydrogen) atoms. The predicted molar refractivity (Wildman–Crippen MR) is 148 cm³/mol. The summed E-state index contributed by atoms with van der Waals surface area (Å²) >= 11 is 6.57. The van der Waals surface area contributed by atoms with E-state index >= 15 is 0 Å². The number of aliphatic hydroxyl groups excluding tert-OH is 1. The molecule has 2 saturated heterocycles. The molecule has 2 fully saturated rings. The Kier molecular flexibility index (Phi) is 7.40. The van der Waals surface area contributed by atoms with Crippen LogP contribution in [0.5, 0.6) is 6.01 Å². The van der Waals surface area contributed by atoms with Crippen molar-refractivity contribution in [2.45, 2.75) is 24.4 Å². The minimum atomic E-state index is -4.14. The molecule has 2 aromatic heterocycles. The van der Waals surface area contributed by atoms with Crippen LogP contribution in [0.1, 0.15) is 10.4 Å². The fourth-order valence-corrected chi connectivity index (χ4v) is 5.49. The Morgan fingerprint density at radius 1 is 1.02 bits per heavy atom. The predicted octanol–water partition coefficient (Wildman–Crippen LogP) is 2.47. The van der Waals surface area contributed by atoms with Crippen molar-refractivity contribution in [3.8, 4) is 28.4 Å². The van der Waals surface area contributed by atoms with Gasteiger partial charge in [-0.15, -0.1) is 0 Å².